The van der Waals surface area contributed by atoms with E-state index in [1.54, 1.807) is 0 Å². The molecule has 3 nitrogen and oxygen atoms in total. The summed E-state index contributed by atoms with van der Waals surface area (Å²) in [6.07, 6.45) is 0.525. The van der Waals surface area contributed by atoms with E-state index < -0.39 is 11.9 Å². The molecule has 0 radical (unpaired) electrons. The molecule has 1 heterocycles. The van der Waals surface area contributed by atoms with Gasteiger partial charge < -0.3 is 4.74 Å². The number of hydrogen-bond donors (Lipinski definition) is 0. The van der Waals surface area contributed by atoms with Crippen molar-refractivity contribution in [3.63, 3.8) is 0 Å². The van der Waals surface area contributed by atoms with Gasteiger partial charge in [-0.1, -0.05) is 0 Å². The molecule has 4 heteroatoms. The molecule has 0 unspecified atom stereocenters. The summed E-state index contributed by atoms with van der Waals surface area (Å²) < 4.78 is 4.08. The van der Waals surface area contributed by atoms with Crippen LogP contribution in [0, 0.1) is 0 Å². The first-order valence-electron chi connectivity index (χ1n) is 2.02. The van der Waals surface area contributed by atoms with Gasteiger partial charge in [-0.3, -0.25) is 9.59 Å². The Hall–Kier alpha value is -0.146. The Morgan fingerprint density at radius 1 is 1.12 bits per heavy atom. The predicted molar refractivity (Wildman–Crippen MR) is 20.3 cm³/mol. The average Bonchev–Trinajstić information content (AvgIpc) is 1.87. The topological polar surface area (TPSA) is 43.4 Å². The first kappa shape index (κ1) is 7.85. The molecule has 1 aliphatic heterocycles. The quantitative estimate of drug-likeness (QED) is 0.272. The van der Waals surface area contributed by atoms with Gasteiger partial charge in [0.1, 0.15) is 0 Å². The second-order valence-corrected chi connectivity index (χ2v) is 1.35. The maximum atomic E-state index is 10.0. The van der Waals surface area contributed by atoms with Crippen molar-refractivity contribution in [3.05, 3.63) is 0 Å². The molecule has 0 N–H and O–H groups in total. The number of carbonyl (C=O) groups excluding carboxylic acids is 2. The maximum absolute atomic E-state index is 10.0. The summed E-state index contributed by atoms with van der Waals surface area (Å²) in [5.41, 5.74) is 0. The van der Waals surface area contributed by atoms with Crippen LogP contribution in [-0.2, 0) is 36.0 Å². The van der Waals surface area contributed by atoms with Crippen LogP contribution in [0.2, 0.25) is 0 Å². The first-order valence-corrected chi connectivity index (χ1v) is 2.02. The normalized spacial score (nSPS) is 17.5. The van der Waals surface area contributed by atoms with E-state index in [0.717, 1.165) is 0 Å². The molecule has 1 aliphatic rings. The second-order valence-electron chi connectivity index (χ2n) is 1.35. The summed E-state index contributed by atoms with van der Waals surface area (Å²) in [7, 11) is 0. The van der Waals surface area contributed by atoms with Crippen molar-refractivity contribution < 1.29 is 36.0 Å². The molecule has 0 saturated carbocycles. The molecule has 0 aromatic heterocycles. The van der Waals surface area contributed by atoms with Crippen LogP contribution < -0.4 is 0 Å². The van der Waals surface area contributed by atoms with Gasteiger partial charge in [-0.2, -0.15) is 0 Å². The first-order chi connectivity index (χ1) is 3.29. The van der Waals surface area contributed by atoms with E-state index in [2.05, 4.69) is 4.74 Å². The van der Waals surface area contributed by atoms with Crippen LogP contribution in [0.5, 0.6) is 0 Å². The molecule has 1 rings (SSSR count). The van der Waals surface area contributed by atoms with E-state index >= 15 is 0 Å². The molecule has 1 saturated heterocycles. The van der Waals surface area contributed by atoms with Gasteiger partial charge >= 0.3 is 11.9 Å². The summed E-state index contributed by atoms with van der Waals surface area (Å²) in [6.45, 7) is 0. The number of cyclic esters (lactones) is 2. The third kappa shape index (κ3) is 1.76. The van der Waals surface area contributed by atoms with Crippen LogP contribution in [-0.4, -0.2) is 11.9 Å². The van der Waals surface area contributed by atoms with Crippen LogP contribution in [0.1, 0.15) is 12.8 Å². The minimum Gasteiger partial charge on any atom is -0.393 e. The van der Waals surface area contributed by atoms with Gasteiger partial charge in [0.15, 0.2) is 0 Å². The van der Waals surface area contributed by atoms with Crippen molar-refractivity contribution in [2.45, 2.75) is 12.8 Å². The zero-order valence-corrected chi connectivity index (χ0v) is 5.70. The van der Waals surface area contributed by atoms with Gasteiger partial charge in [0.2, 0.25) is 0 Å². The molecule has 0 bridgehead atoms. The van der Waals surface area contributed by atoms with Gasteiger partial charge in [0.25, 0.3) is 0 Å². The largest absolute Gasteiger partial charge is 0.393 e. The van der Waals surface area contributed by atoms with Crippen LogP contribution in [0.4, 0.5) is 0 Å². The molecule has 0 aliphatic carbocycles. The molecule has 1 fully saturated rings. The fourth-order valence-corrected chi connectivity index (χ4v) is 0.433. The van der Waals surface area contributed by atoms with Crippen molar-refractivity contribution in [1.29, 1.82) is 0 Å². The monoisotopic (exact) mass is 148 g/mol. The van der Waals surface area contributed by atoms with Crippen LogP contribution in [0.3, 0.4) is 0 Å². The minimum atomic E-state index is -0.398. The average molecular weight is 148 g/mol. The van der Waals surface area contributed by atoms with E-state index in [9.17, 15) is 9.59 Å². The van der Waals surface area contributed by atoms with Gasteiger partial charge in [-0.25, -0.2) is 0 Å². The SMILES string of the molecule is O=C1CCC(=O)O1.[Ti]. The third-order valence-electron chi connectivity index (χ3n) is 0.761. The fourth-order valence-electron chi connectivity index (χ4n) is 0.433. The van der Waals surface area contributed by atoms with Crippen LogP contribution >= 0.6 is 0 Å². The molecule has 0 spiro atoms. The van der Waals surface area contributed by atoms with Crippen LogP contribution in [0.25, 0.3) is 0 Å². The number of esters is 2. The van der Waals surface area contributed by atoms with E-state index in [4.69, 9.17) is 0 Å². The summed E-state index contributed by atoms with van der Waals surface area (Å²) in [5, 5.41) is 0. The summed E-state index contributed by atoms with van der Waals surface area (Å²) >= 11 is 0. The van der Waals surface area contributed by atoms with Crippen molar-refractivity contribution in [2.24, 2.45) is 0 Å². The Morgan fingerprint density at radius 2 is 1.50 bits per heavy atom. The molecule has 42 valence electrons. The van der Waals surface area contributed by atoms with Crippen molar-refractivity contribution in [1.82, 2.24) is 0 Å². The summed E-state index contributed by atoms with van der Waals surface area (Å²) in [4.78, 5) is 20.0. The third-order valence-corrected chi connectivity index (χ3v) is 0.761. The summed E-state index contributed by atoms with van der Waals surface area (Å²) in [5.74, 6) is -0.796. The van der Waals surface area contributed by atoms with E-state index in [1.807, 2.05) is 0 Å². The number of carbonyl (C=O) groups is 2. The predicted octanol–water partition coefficient (Wildman–Crippen LogP) is -0.152. The van der Waals surface area contributed by atoms with E-state index in [1.165, 1.54) is 0 Å². The molecule has 0 atom stereocenters. The Bertz CT molecular complexity index is 106. The number of hydrogen-bond acceptors (Lipinski definition) is 3. The Kier molecular flexibility index (Phi) is 2.94. The standard InChI is InChI=1S/C4H4O3.Ti/c5-3-1-2-4(6)7-3;/h1-2H2;. The van der Waals surface area contributed by atoms with Crippen molar-refractivity contribution in [3.8, 4) is 0 Å². The maximum Gasteiger partial charge on any atom is 0.314 e. The molecule has 0 amide bonds. The Morgan fingerprint density at radius 3 is 1.62 bits per heavy atom. The molecular weight excluding hydrogens is 144 g/mol. The summed E-state index contributed by atoms with van der Waals surface area (Å²) in [6, 6.07) is 0. The molecular formula is C4H4O3Ti. The molecule has 0 aromatic carbocycles. The zero-order valence-electron chi connectivity index (χ0n) is 4.14. The van der Waals surface area contributed by atoms with Crippen LogP contribution in [0.15, 0.2) is 0 Å². The molecule has 8 heavy (non-hydrogen) atoms. The van der Waals surface area contributed by atoms with Gasteiger partial charge in [-0.15, -0.1) is 0 Å². The minimum absolute atomic E-state index is 0. The second kappa shape index (κ2) is 3.00. The van der Waals surface area contributed by atoms with Gasteiger partial charge in [-0.05, 0) is 0 Å². The Labute approximate surface area is 61.3 Å². The van der Waals surface area contributed by atoms with Gasteiger partial charge in [0.05, 0.1) is 12.8 Å². The zero-order chi connectivity index (χ0) is 5.28. The fraction of sp³-hybridized carbons (Fsp3) is 0.500. The number of ether oxygens (including phenoxy) is 1. The Balaban J connectivity index is 0.000000490. The smallest absolute Gasteiger partial charge is 0.314 e. The van der Waals surface area contributed by atoms with E-state index in [-0.39, 0.29) is 34.6 Å². The molecule has 0 aromatic rings. The van der Waals surface area contributed by atoms with Crippen molar-refractivity contribution >= 4 is 11.9 Å². The van der Waals surface area contributed by atoms with E-state index in [0.29, 0.717) is 0 Å². The van der Waals surface area contributed by atoms with Crippen molar-refractivity contribution in [2.75, 3.05) is 0 Å². The van der Waals surface area contributed by atoms with Gasteiger partial charge in [0, 0.05) is 21.7 Å². The number of rotatable bonds is 0.